The van der Waals surface area contributed by atoms with Crippen molar-refractivity contribution in [3.05, 3.63) is 18.0 Å². The molecule has 0 aliphatic heterocycles. The van der Waals surface area contributed by atoms with Gasteiger partial charge in [-0.05, 0) is 18.4 Å². The van der Waals surface area contributed by atoms with E-state index in [-0.39, 0.29) is 5.69 Å². The van der Waals surface area contributed by atoms with Crippen LogP contribution in [-0.2, 0) is 6.18 Å². The van der Waals surface area contributed by atoms with Crippen LogP contribution in [0.5, 0.6) is 0 Å². The topological polar surface area (TPSA) is 50.9 Å². The average molecular weight is 245 g/mol. The summed E-state index contributed by atoms with van der Waals surface area (Å²) in [5.74, 6) is 0.729. The van der Waals surface area contributed by atoms with Crippen LogP contribution in [0.1, 0.15) is 25.0 Å². The van der Waals surface area contributed by atoms with Crippen molar-refractivity contribution in [1.82, 2.24) is 4.98 Å². The van der Waals surface area contributed by atoms with Gasteiger partial charge in [0.15, 0.2) is 0 Å². The van der Waals surface area contributed by atoms with Crippen LogP contribution in [0.2, 0.25) is 0 Å². The largest absolute Gasteiger partial charge is 0.433 e. The number of hydrogen-bond acceptors (Lipinski definition) is 3. The van der Waals surface area contributed by atoms with Gasteiger partial charge in [0, 0.05) is 6.54 Å². The molecule has 0 amide bonds. The van der Waals surface area contributed by atoms with Crippen LogP contribution in [0.3, 0.4) is 0 Å². The molecule has 1 aliphatic rings. The molecule has 0 spiro atoms. The zero-order chi connectivity index (χ0) is 12.5. The van der Waals surface area contributed by atoms with Crippen molar-refractivity contribution >= 4 is 11.4 Å². The van der Waals surface area contributed by atoms with Gasteiger partial charge in [-0.3, -0.25) is 0 Å². The lowest BCUT2D eigenvalue weighted by Gasteiger charge is -2.12. The number of nitrogens with one attached hydrogen (secondary N) is 1. The van der Waals surface area contributed by atoms with Crippen molar-refractivity contribution < 1.29 is 13.2 Å². The van der Waals surface area contributed by atoms with E-state index in [2.05, 4.69) is 10.3 Å². The minimum atomic E-state index is -4.43. The second kappa shape index (κ2) is 4.43. The smallest absolute Gasteiger partial charge is 0.396 e. The van der Waals surface area contributed by atoms with Crippen LogP contribution < -0.4 is 11.1 Å². The van der Waals surface area contributed by atoms with Crippen molar-refractivity contribution in [3.63, 3.8) is 0 Å². The summed E-state index contributed by atoms with van der Waals surface area (Å²) >= 11 is 0. The lowest BCUT2D eigenvalue weighted by molar-refractivity contribution is -0.141. The van der Waals surface area contributed by atoms with Gasteiger partial charge in [0.2, 0.25) is 0 Å². The van der Waals surface area contributed by atoms with Gasteiger partial charge in [0.25, 0.3) is 0 Å². The molecule has 0 radical (unpaired) electrons. The quantitative estimate of drug-likeness (QED) is 0.857. The van der Waals surface area contributed by atoms with E-state index in [1.54, 1.807) is 0 Å². The molecule has 6 heteroatoms. The van der Waals surface area contributed by atoms with Crippen molar-refractivity contribution in [2.45, 2.75) is 25.4 Å². The Balaban J connectivity index is 2.03. The van der Waals surface area contributed by atoms with Crippen LogP contribution >= 0.6 is 0 Å². The Morgan fingerprint density at radius 1 is 1.41 bits per heavy atom. The fourth-order valence-electron chi connectivity index (χ4n) is 1.59. The predicted octanol–water partition coefficient (Wildman–Crippen LogP) is 2.89. The first-order valence-electron chi connectivity index (χ1n) is 5.53. The normalized spacial score (nSPS) is 15.9. The van der Waals surface area contributed by atoms with Gasteiger partial charge in [0.05, 0.1) is 17.6 Å². The molecule has 1 saturated carbocycles. The fourth-order valence-corrected chi connectivity index (χ4v) is 1.59. The summed E-state index contributed by atoms with van der Waals surface area (Å²) in [6.07, 6.45) is 0.0363. The number of anilines is 2. The number of halogens is 3. The molecule has 3 N–H and O–H groups in total. The van der Waals surface area contributed by atoms with Gasteiger partial charge in [0.1, 0.15) is 5.69 Å². The van der Waals surface area contributed by atoms with Crippen LogP contribution in [0, 0.1) is 5.92 Å². The van der Waals surface area contributed by atoms with E-state index in [4.69, 9.17) is 5.73 Å². The highest BCUT2D eigenvalue weighted by atomic mass is 19.4. The summed E-state index contributed by atoms with van der Waals surface area (Å²) in [6.45, 7) is 0.649. The summed E-state index contributed by atoms with van der Waals surface area (Å²) in [5.41, 5.74) is 5.21. The predicted molar refractivity (Wildman–Crippen MR) is 59.5 cm³/mol. The number of nitrogens with zero attached hydrogens (tertiary/aromatic N) is 1. The zero-order valence-electron chi connectivity index (χ0n) is 9.22. The Kier molecular flexibility index (Phi) is 3.13. The van der Waals surface area contributed by atoms with Crippen LogP contribution in [-0.4, -0.2) is 11.5 Å². The van der Waals surface area contributed by atoms with Crippen LogP contribution in [0.4, 0.5) is 24.5 Å². The molecule has 0 unspecified atom stereocenters. The molecule has 1 heterocycles. The number of aromatic nitrogens is 1. The molecule has 94 valence electrons. The maximum absolute atomic E-state index is 12.4. The molecule has 0 aromatic carbocycles. The van der Waals surface area contributed by atoms with Gasteiger partial charge in [-0.2, -0.15) is 13.2 Å². The summed E-state index contributed by atoms with van der Waals surface area (Å²) in [4.78, 5) is 3.28. The Morgan fingerprint density at radius 2 is 2.12 bits per heavy atom. The highest BCUT2D eigenvalue weighted by Gasteiger charge is 2.33. The number of nitrogen functional groups attached to an aromatic ring is 1. The average Bonchev–Trinajstić information content (AvgIpc) is 3.03. The first-order valence-corrected chi connectivity index (χ1v) is 5.53. The molecule has 0 saturated heterocycles. The van der Waals surface area contributed by atoms with E-state index in [0.717, 1.165) is 24.6 Å². The molecule has 1 aromatic heterocycles. The van der Waals surface area contributed by atoms with E-state index in [1.165, 1.54) is 12.8 Å². The third-order valence-electron chi connectivity index (χ3n) is 2.79. The Morgan fingerprint density at radius 3 is 2.71 bits per heavy atom. The van der Waals surface area contributed by atoms with Crippen molar-refractivity contribution in [2.24, 2.45) is 5.92 Å². The SMILES string of the molecule is Nc1cnc(C(F)(F)F)cc1NCCC1CC1. The number of pyridine rings is 1. The first-order chi connectivity index (χ1) is 7.97. The second-order valence-electron chi connectivity index (χ2n) is 4.31. The number of nitrogens with two attached hydrogens (primary N) is 1. The van der Waals surface area contributed by atoms with Crippen molar-refractivity contribution in [3.8, 4) is 0 Å². The molecule has 0 atom stereocenters. The van der Waals surface area contributed by atoms with Gasteiger partial charge >= 0.3 is 6.18 Å². The molecular weight excluding hydrogens is 231 g/mol. The minimum Gasteiger partial charge on any atom is -0.396 e. The Hall–Kier alpha value is -1.46. The van der Waals surface area contributed by atoms with E-state index >= 15 is 0 Å². The van der Waals surface area contributed by atoms with E-state index in [1.807, 2.05) is 0 Å². The lowest BCUT2D eigenvalue weighted by atomic mass is 10.2. The zero-order valence-corrected chi connectivity index (χ0v) is 9.22. The third-order valence-corrected chi connectivity index (χ3v) is 2.79. The van der Waals surface area contributed by atoms with Crippen LogP contribution in [0.15, 0.2) is 12.3 Å². The first kappa shape index (κ1) is 12.0. The molecular formula is C11H14F3N3. The molecule has 3 nitrogen and oxygen atoms in total. The molecule has 1 fully saturated rings. The summed E-state index contributed by atoms with van der Waals surface area (Å²) < 4.78 is 37.3. The van der Waals surface area contributed by atoms with E-state index in [0.29, 0.717) is 12.2 Å². The lowest BCUT2D eigenvalue weighted by Crippen LogP contribution is -2.11. The summed E-state index contributed by atoms with van der Waals surface area (Å²) in [7, 11) is 0. The molecule has 0 bridgehead atoms. The highest BCUT2D eigenvalue weighted by molar-refractivity contribution is 5.65. The van der Waals surface area contributed by atoms with E-state index < -0.39 is 11.9 Å². The maximum atomic E-state index is 12.4. The Labute approximate surface area is 97.2 Å². The molecule has 1 aliphatic carbocycles. The molecule has 2 rings (SSSR count). The summed E-state index contributed by atoms with van der Waals surface area (Å²) in [5, 5.41) is 2.93. The standard InChI is InChI=1S/C11H14F3N3/c12-11(13,14)10-5-9(8(15)6-17-10)16-4-3-7-1-2-7/h5-7H,1-4,15H2,(H,16,17). The minimum absolute atomic E-state index is 0.244. The highest BCUT2D eigenvalue weighted by Crippen LogP contribution is 2.33. The Bertz CT molecular complexity index is 399. The summed E-state index contributed by atoms with van der Waals surface area (Å²) in [6, 6.07) is 0.961. The van der Waals surface area contributed by atoms with Crippen molar-refractivity contribution in [1.29, 1.82) is 0 Å². The van der Waals surface area contributed by atoms with Crippen molar-refractivity contribution in [2.75, 3.05) is 17.6 Å². The van der Waals surface area contributed by atoms with Crippen LogP contribution in [0.25, 0.3) is 0 Å². The second-order valence-corrected chi connectivity index (χ2v) is 4.31. The van der Waals surface area contributed by atoms with Gasteiger partial charge in [-0.15, -0.1) is 0 Å². The monoisotopic (exact) mass is 245 g/mol. The maximum Gasteiger partial charge on any atom is 0.433 e. The number of alkyl halides is 3. The number of rotatable bonds is 4. The van der Waals surface area contributed by atoms with Gasteiger partial charge in [-0.25, -0.2) is 4.98 Å². The number of hydrogen-bond donors (Lipinski definition) is 2. The fraction of sp³-hybridized carbons (Fsp3) is 0.545. The molecule has 1 aromatic rings. The molecule has 17 heavy (non-hydrogen) atoms. The van der Waals surface area contributed by atoms with E-state index in [9.17, 15) is 13.2 Å². The van der Waals surface area contributed by atoms with Gasteiger partial charge in [-0.1, -0.05) is 12.8 Å². The third kappa shape index (κ3) is 3.25. The van der Waals surface area contributed by atoms with Gasteiger partial charge < -0.3 is 11.1 Å².